The Morgan fingerprint density at radius 2 is 1.23 bits per heavy atom. The third-order valence-corrected chi connectivity index (χ3v) is 6.43. The van der Waals surface area contributed by atoms with Crippen molar-refractivity contribution >= 4 is 29.3 Å². The highest BCUT2D eigenvalue weighted by Crippen LogP contribution is 2.33. The van der Waals surface area contributed by atoms with Gasteiger partial charge in [0.15, 0.2) is 5.78 Å². The number of aromatic hydroxyl groups is 1. The Morgan fingerprint density at radius 3 is 1.87 bits per heavy atom. The van der Waals surface area contributed by atoms with Crippen LogP contribution in [0.5, 0.6) is 5.75 Å². The van der Waals surface area contributed by atoms with Crippen LogP contribution in [0.2, 0.25) is 0 Å². The quantitative estimate of drug-likeness (QED) is 0.331. The van der Waals surface area contributed by atoms with Crippen LogP contribution in [0.4, 0.5) is 4.39 Å². The lowest BCUT2D eigenvalue weighted by molar-refractivity contribution is 0.103. The van der Waals surface area contributed by atoms with Crippen molar-refractivity contribution in [1.29, 1.82) is 0 Å². The van der Waals surface area contributed by atoms with Crippen molar-refractivity contribution < 1.29 is 14.3 Å². The first-order chi connectivity index (χ1) is 14.6. The van der Waals surface area contributed by atoms with Gasteiger partial charge in [0.1, 0.15) is 11.6 Å². The van der Waals surface area contributed by atoms with Crippen LogP contribution >= 0.6 is 23.5 Å². The fourth-order valence-corrected chi connectivity index (χ4v) is 4.49. The van der Waals surface area contributed by atoms with E-state index < -0.39 is 5.82 Å². The first-order valence-electron chi connectivity index (χ1n) is 9.22. The number of rotatable bonds is 6. The molecule has 0 unspecified atom stereocenters. The van der Waals surface area contributed by atoms with Gasteiger partial charge in [-0.3, -0.25) is 4.79 Å². The monoisotopic (exact) mass is 432 g/mol. The van der Waals surface area contributed by atoms with Gasteiger partial charge in [-0.2, -0.15) is 0 Å². The van der Waals surface area contributed by atoms with Gasteiger partial charge in [-0.25, -0.2) is 4.39 Å². The molecule has 0 amide bonds. The molecule has 4 rings (SSSR count). The molecule has 0 atom stereocenters. The molecule has 0 aliphatic carbocycles. The van der Waals surface area contributed by atoms with Gasteiger partial charge in [0.2, 0.25) is 0 Å². The minimum Gasteiger partial charge on any atom is -0.508 e. The average Bonchev–Trinajstić information content (AvgIpc) is 2.77. The van der Waals surface area contributed by atoms with E-state index >= 15 is 0 Å². The van der Waals surface area contributed by atoms with Gasteiger partial charge in [-0.15, -0.1) is 0 Å². The van der Waals surface area contributed by atoms with Crippen LogP contribution < -0.4 is 0 Å². The fraction of sp³-hybridized carbons (Fsp3) is 0. The summed E-state index contributed by atoms with van der Waals surface area (Å²) in [5.74, 6) is -0.641. The highest BCUT2D eigenvalue weighted by Gasteiger charge is 2.13. The summed E-state index contributed by atoms with van der Waals surface area (Å²) in [6, 6.07) is 28.5. The smallest absolute Gasteiger partial charge is 0.193 e. The molecule has 0 bridgehead atoms. The largest absolute Gasteiger partial charge is 0.508 e. The average molecular weight is 433 g/mol. The van der Waals surface area contributed by atoms with Crippen molar-refractivity contribution in [3.8, 4) is 5.75 Å². The van der Waals surface area contributed by atoms with Gasteiger partial charge in [0.25, 0.3) is 0 Å². The third-order valence-electron chi connectivity index (χ3n) is 4.35. The number of ketones is 1. The summed E-state index contributed by atoms with van der Waals surface area (Å²) < 4.78 is 14.6. The number of hydrogen-bond acceptors (Lipinski definition) is 4. The molecule has 30 heavy (non-hydrogen) atoms. The molecular formula is C25H17FO2S2. The summed E-state index contributed by atoms with van der Waals surface area (Å²) in [4.78, 5) is 16.2. The predicted octanol–water partition coefficient (Wildman–Crippen LogP) is 7.06. The van der Waals surface area contributed by atoms with E-state index in [1.165, 1.54) is 42.1 Å². The van der Waals surface area contributed by atoms with E-state index in [2.05, 4.69) is 12.1 Å². The Kier molecular flexibility index (Phi) is 6.21. The molecule has 0 spiro atoms. The van der Waals surface area contributed by atoms with Gasteiger partial charge in [0.05, 0.1) is 0 Å². The first-order valence-corrected chi connectivity index (χ1v) is 10.9. The molecular weight excluding hydrogens is 415 g/mol. The molecule has 2 nitrogen and oxygen atoms in total. The van der Waals surface area contributed by atoms with E-state index in [0.29, 0.717) is 10.5 Å². The Balaban J connectivity index is 1.46. The Bertz CT molecular complexity index is 1160. The molecule has 0 radical (unpaired) electrons. The van der Waals surface area contributed by atoms with Crippen molar-refractivity contribution in [2.24, 2.45) is 0 Å². The summed E-state index contributed by atoms with van der Waals surface area (Å²) in [6.45, 7) is 0. The zero-order chi connectivity index (χ0) is 20.9. The van der Waals surface area contributed by atoms with Crippen LogP contribution in [0.25, 0.3) is 0 Å². The number of phenolic OH excluding ortho intramolecular Hbond substituents is 1. The molecule has 4 aromatic rings. The summed E-state index contributed by atoms with van der Waals surface area (Å²) >= 11 is 2.99. The van der Waals surface area contributed by atoms with Gasteiger partial charge >= 0.3 is 0 Å². The summed E-state index contributed by atoms with van der Waals surface area (Å²) in [5, 5.41) is 9.35. The van der Waals surface area contributed by atoms with Crippen LogP contribution in [0.1, 0.15) is 15.9 Å². The van der Waals surface area contributed by atoms with Crippen LogP contribution in [0.15, 0.2) is 117 Å². The van der Waals surface area contributed by atoms with Gasteiger partial charge in [-0.05, 0) is 78.9 Å². The normalized spacial score (nSPS) is 10.7. The van der Waals surface area contributed by atoms with E-state index in [1.54, 1.807) is 23.9 Å². The lowest BCUT2D eigenvalue weighted by Gasteiger charge is -2.07. The zero-order valence-corrected chi connectivity index (χ0v) is 17.4. The molecule has 0 aliphatic heterocycles. The highest BCUT2D eigenvalue weighted by molar-refractivity contribution is 7.99. The highest BCUT2D eigenvalue weighted by atomic mass is 32.2. The van der Waals surface area contributed by atoms with Gasteiger partial charge < -0.3 is 5.11 Å². The standard InChI is InChI=1S/C25H17FO2S2/c26-23-16-18(25(28)17-6-9-19(27)10-7-17)8-15-24(23)30-22-13-11-21(12-14-22)29-20-4-2-1-3-5-20/h1-16,27H. The molecule has 4 aromatic carbocycles. The lowest BCUT2D eigenvalue weighted by atomic mass is 10.0. The van der Waals surface area contributed by atoms with Crippen LogP contribution in [0.3, 0.4) is 0 Å². The summed E-state index contributed by atoms with van der Waals surface area (Å²) in [6.07, 6.45) is 0. The molecule has 1 N–H and O–H groups in total. The lowest BCUT2D eigenvalue weighted by Crippen LogP contribution is -2.01. The molecule has 0 heterocycles. The second-order valence-electron chi connectivity index (χ2n) is 6.51. The second kappa shape index (κ2) is 9.20. The van der Waals surface area contributed by atoms with Crippen LogP contribution in [-0.4, -0.2) is 10.9 Å². The maximum atomic E-state index is 14.6. The minimum atomic E-state index is -0.438. The number of benzene rings is 4. The number of phenols is 1. The van der Waals surface area contributed by atoms with Crippen LogP contribution in [0, 0.1) is 5.82 Å². The fourth-order valence-electron chi connectivity index (χ4n) is 2.83. The topological polar surface area (TPSA) is 37.3 Å². The zero-order valence-electron chi connectivity index (χ0n) is 15.8. The molecule has 0 aromatic heterocycles. The number of hydrogen-bond donors (Lipinski definition) is 1. The molecule has 148 valence electrons. The van der Waals surface area contributed by atoms with Crippen molar-refractivity contribution in [3.05, 3.63) is 114 Å². The Morgan fingerprint density at radius 1 is 0.667 bits per heavy atom. The van der Waals surface area contributed by atoms with E-state index in [9.17, 15) is 14.3 Å². The molecule has 0 fully saturated rings. The van der Waals surface area contributed by atoms with E-state index in [4.69, 9.17) is 0 Å². The van der Waals surface area contributed by atoms with E-state index in [-0.39, 0.29) is 17.1 Å². The number of carbonyl (C=O) groups excluding carboxylic acids is 1. The maximum Gasteiger partial charge on any atom is 0.193 e. The van der Waals surface area contributed by atoms with Crippen molar-refractivity contribution in [2.75, 3.05) is 0 Å². The second-order valence-corrected chi connectivity index (χ2v) is 8.77. The SMILES string of the molecule is O=C(c1ccc(O)cc1)c1ccc(Sc2ccc(Sc3ccccc3)cc2)c(F)c1. The first kappa shape index (κ1) is 20.3. The van der Waals surface area contributed by atoms with E-state index in [1.807, 2.05) is 42.5 Å². The molecule has 0 saturated carbocycles. The third kappa shape index (κ3) is 4.93. The predicted molar refractivity (Wildman–Crippen MR) is 119 cm³/mol. The summed E-state index contributed by atoms with van der Waals surface area (Å²) in [5.41, 5.74) is 0.677. The van der Waals surface area contributed by atoms with Gasteiger partial charge in [-0.1, -0.05) is 41.7 Å². The molecule has 5 heteroatoms. The Hall–Kier alpha value is -3.02. The van der Waals surface area contributed by atoms with Crippen molar-refractivity contribution in [1.82, 2.24) is 0 Å². The van der Waals surface area contributed by atoms with E-state index in [0.717, 1.165) is 14.7 Å². The van der Waals surface area contributed by atoms with Crippen LogP contribution in [-0.2, 0) is 0 Å². The number of carbonyl (C=O) groups is 1. The minimum absolute atomic E-state index is 0.0812. The Labute approximate surface area is 182 Å². The van der Waals surface area contributed by atoms with Crippen molar-refractivity contribution in [2.45, 2.75) is 19.6 Å². The molecule has 0 aliphatic rings. The number of halogens is 1. The van der Waals surface area contributed by atoms with Crippen molar-refractivity contribution in [3.63, 3.8) is 0 Å². The maximum absolute atomic E-state index is 14.6. The molecule has 0 saturated heterocycles. The summed E-state index contributed by atoms with van der Waals surface area (Å²) in [7, 11) is 0. The van der Waals surface area contributed by atoms with Gasteiger partial charge in [0, 0.05) is 30.7 Å².